The molecule has 0 spiro atoms. The molecule has 0 aromatic heterocycles. The minimum atomic E-state index is -2.68. The van der Waals surface area contributed by atoms with Gasteiger partial charge in [-0.3, -0.25) is 4.79 Å². The zero-order valence-electron chi connectivity index (χ0n) is 24.2. The Labute approximate surface area is 231 Å². The Hall–Kier alpha value is -2.01. The quantitative estimate of drug-likeness (QED) is 0.314. The second-order valence-corrected chi connectivity index (χ2v) is 17.9. The highest BCUT2D eigenvalue weighted by atomic mass is 28.4. The Morgan fingerprint density at radius 3 is 2.05 bits per heavy atom. The van der Waals surface area contributed by atoms with Crippen LogP contribution < -0.4 is 10.4 Å². The highest BCUT2D eigenvalue weighted by Gasteiger charge is 2.57. The van der Waals surface area contributed by atoms with Crippen molar-refractivity contribution in [3.8, 4) is 0 Å². The van der Waals surface area contributed by atoms with E-state index in [0.717, 1.165) is 32.1 Å². The van der Waals surface area contributed by atoms with Crippen LogP contribution in [-0.4, -0.2) is 31.4 Å². The largest absolute Gasteiger partial charge is 0.402 e. The smallest absolute Gasteiger partial charge is 0.261 e. The summed E-state index contributed by atoms with van der Waals surface area (Å²) in [6.07, 6.45) is 10.2. The average molecular weight is 531 g/mol. The zero-order valence-corrected chi connectivity index (χ0v) is 25.2. The molecule has 3 nitrogen and oxygen atoms in total. The Morgan fingerprint density at radius 1 is 0.895 bits per heavy atom. The van der Waals surface area contributed by atoms with Gasteiger partial charge >= 0.3 is 0 Å². The number of hydrogen-bond donors (Lipinski definition) is 0. The summed E-state index contributed by atoms with van der Waals surface area (Å²) in [6.45, 7) is 13.8. The molecule has 2 aromatic carbocycles. The number of ketones is 1. The Kier molecular flexibility index (Phi) is 7.39. The number of benzene rings is 2. The molecule has 0 radical (unpaired) electrons. The monoisotopic (exact) mass is 530 g/mol. The van der Waals surface area contributed by atoms with Crippen molar-refractivity contribution in [3.05, 3.63) is 72.8 Å². The van der Waals surface area contributed by atoms with Crippen molar-refractivity contribution in [2.75, 3.05) is 0 Å². The van der Waals surface area contributed by atoms with Gasteiger partial charge in [0.2, 0.25) is 0 Å². The summed E-state index contributed by atoms with van der Waals surface area (Å²) in [4.78, 5) is 12.8. The van der Waals surface area contributed by atoms with Gasteiger partial charge in [0.25, 0.3) is 8.32 Å². The number of carbonyl (C=O) groups excluding carboxylic acids is 1. The highest BCUT2D eigenvalue weighted by Crippen LogP contribution is 2.51. The molecule has 5 rings (SSSR count). The van der Waals surface area contributed by atoms with Crippen LogP contribution in [0.25, 0.3) is 0 Å². The fourth-order valence-electron chi connectivity index (χ4n) is 7.88. The van der Waals surface area contributed by atoms with Crippen molar-refractivity contribution in [2.45, 2.75) is 102 Å². The van der Waals surface area contributed by atoms with Crippen molar-refractivity contribution in [1.82, 2.24) is 0 Å². The molecule has 204 valence electrons. The molecular weight excluding hydrogens is 484 g/mol. The molecule has 1 aliphatic heterocycles. The lowest BCUT2D eigenvalue weighted by atomic mass is 9.61. The van der Waals surface area contributed by atoms with Crippen molar-refractivity contribution < 1.29 is 14.0 Å². The summed E-state index contributed by atoms with van der Waals surface area (Å²) >= 11 is 0. The van der Waals surface area contributed by atoms with E-state index in [-0.39, 0.29) is 22.7 Å². The molecule has 2 aromatic rings. The van der Waals surface area contributed by atoms with Crippen LogP contribution in [0.3, 0.4) is 0 Å². The van der Waals surface area contributed by atoms with E-state index in [0.29, 0.717) is 24.0 Å². The lowest BCUT2D eigenvalue weighted by molar-refractivity contribution is -0.237. The molecule has 1 saturated carbocycles. The maximum absolute atomic E-state index is 12.8. The molecule has 3 aliphatic rings. The van der Waals surface area contributed by atoms with Gasteiger partial charge in [-0.15, -0.1) is 0 Å². The van der Waals surface area contributed by atoms with Gasteiger partial charge in [-0.05, 0) is 80.1 Å². The van der Waals surface area contributed by atoms with E-state index < -0.39 is 13.9 Å². The molecule has 0 bridgehead atoms. The molecule has 2 aliphatic carbocycles. The molecule has 1 heterocycles. The maximum atomic E-state index is 12.8. The van der Waals surface area contributed by atoms with E-state index in [9.17, 15) is 4.79 Å². The molecule has 2 fully saturated rings. The van der Waals surface area contributed by atoms with Gasteiger partial charge < -0.3 is 9.16 Å². The topological polar surface area (TPSA) is 35.5 Å². The van der Waals surface area contributed by atoms with Crippen LogP contribution in [0.2, 0.25) is 5.04 Å². The molecule has 5 atom stereocenters. The van der Waals surface area contributed by atoms with E-state index in [2.05, 4.69) is 114 Å². The molecule has 1 saturated heterocycles. The summed E-state index contributed by atoms with van der Waals surface area (Å²) in [5.74, 6) is 1.31. The van der Waals surface area contributed by atoms with Crippen molar-refractivity contribution >= 4 is 24.5 Å². The molecule has 0 N–H and O–H groups in total. The predicted octanol–water partition coefficient (Wildman–Crippen LogP) is 6.84. The first-order valence-electron chi connectivity index (χ1n) is 14.7. The lowest BCUT2D eigenvalue weighted by Gasteiger charge is -2.56. The summed E-state index contributed by atoms with van der Waals surface area (Å²) in [5.41, 5.74) is -0.713. The fraction of sp³-hybridized carbons (Fsp3) is 0.559. The first-order valence-corrected chi connectivity index (χ1v) is 16.6. The predicted molar refractivity (Wildman–Crippen MR) is 158 cm³/mol. The van der Waals surface area contributed by atoms with Crippen LogP contribution >= 0.6 is 0 Å². The number of hydrogen-bond acceptors (Lipinski definition) is 3. The van der Waals surface area contributed by atoms with Crippen molar-refractivity contribution in [2.24, 2.45) is 17.8 Å². The fourth-order valence-corrected chi connectivity index (χ4v) is 12.7. The lowest BCUT2D eigenvalue weighted by Crippen LogP contribution is -2.70. The van der Waals surface area contributed by atoms with Gasteiger partial charge in [0.1, 0.15) is 5.78 Å². The van der Waals surface area contributed by atoms with Gasteiger partial charge in [-0.2, -0.15) is 0 Å². The number of rotatable bonds is 5. The van der Waals surface area contributed by atoms with Crippen LogP contribution in [0.4, 0.5) is 0 Å². The van der Waals surface area contributed by atoms with Crippen LogP contribution in [-0.2, 0) is 14.0 Å². The number of carbonyl (C=O) groups is 1. The third kappa shape index (κ3) is 4.78. The van der Waals surface area contributed by atoms with E-state index >= 15 is 0 Å². The van der Waals surface area contributed by atoms with Gasteiger partial charge in [-0.25, -0.2) is 0 Å². The standard InChI is InChI=1S/C34H46O3Si/c1-32(2,3)38(25-15-9-7-10-16-25,26-17-11-8-12-18-26)36-31-23-24-34(6,37-33(31,4)5)29-21-22-30(35)28-20-14-13-19-27(28)29/h7-13,15-19,27-29,31H,14,20-24H2,1-6H3/t27-,28+,29-,31+,34+/m0/s1. The van der Waals surface area contributed by atoms with E-state index in [1.807, 2.05) is 0 Å². The number of allylic oxidation sites excluding steroid dienone is 2. The molecule has 0 unspecified atom stereocenters. The normalized spacial score (nSPS) is 31.6. The van der Waals surface area contributed by atoms with E-state index in [1.165, 1.54) is 10.4 Å². The molecule has 38 heavy (non-hydrogen) atoms. The summed E-state index contributed by atoms with van der Waals surface area (Å²) in [6, 6.07) is 21.8. The second-order valence-electron chi connectivity index (χ2n) is 13.6. The maximum Gasteiger partial charge on any atom is 0.261 e. The van der Waals surface area contributed by atoms with Crippen molar-refractivity contribution in [1.29, 1.82) is 0 Å². The number of fused-ring (bicyclic) bond motifs is 1. The van der Waals surface area contributed by atoms with Gasteiger partial charge in [0.05, 0.1) is 17.3 Å². The number of ether oxygens (including phenoxy) is 1. The molecule has 0 amide bonds. The van der Waals surface area contributed by atoms with Crippen LogP contribution in [0, 0.1) is 17.8 Å². The third-order valence-electron chi connectivity index (χ3n) is 9.74. The zero-order chi connectivity index (χ0) is 27.2. The van der Waals surface area contributed by atoms with E-state index in [4.69, 9.17) is 9.16 Å². The Balaban J connectivity index is 1.49. The third-order valence-corrected chi connectivity index (χ3v) is 14.8. The first-order chi connectivity index (χ1) is 18.0. The first kappa shape index (κ1) is 27.5. The summed E-state index contributed by atoms with van der Waals surface area (Å²) in [7, 11) is -2.68. The Bertz CT molecular complexity index is 1110. The molecule has 4 heteroatoms. The van der Waals surface area contributed by atoms with Gasteiger partial charge in [-0.1, -0.05) is 93.6 Å². The van der Waals surface area contributed by atoms with Crippen LogP contribution in [0.1, 0.15) is 80.1 Å². The van der Waals surface area contributed by atoms with Crippen LogP contribution in [0.5, 0.6) is 0 Å². The summed E-state index contributed by atoms with van der Waals surface area (Å²) < 4.78 is 14.8. The van der Waals surface area contributed by atoms with Gasteiger partial charge in [0.15, 0.2) is 0 Å². The number of Topliss-reactive ketones (excluding diaryl/α,β-unsaturated/α-hetero) is 1. The Morgan fingerprint density at radius 2 is 1.50 bits per heavy atom. The highest BCUT2D eigenvalue weighted by molar-refractivity contribution is 6.99. The minimum absolute atomic E-state index is 0.0233. The van der Waals surface area contributed by atoms with E-state index in [1.54, 1.807) is 0 Å². The average Bonchev–Trinajstić information content (AvgIpc) is 2.88. The van der Waals surface area contributed by atoms with Gasteiger partial charge in [0, 0.05) is 12.3 Å². The second kappa shape index (κ2) is 10.2. The summed E-state index contributed by atoms with van der Waals surface area (Å²) in [5, 5.41) is 2.55. The SMILES string of the molecule is CC1(C)O[C@@](C)([C@H]2CCC(=O)[C@@H]3CCC=C[C@@H]32)CC[C@H]1O[Si](c1ccccc1)(c1ccccc1)C(C)(C)C. The van der Waals surface area contributed by atoms with Crippen molar-refractivity contribution in [3.63, 3.8) is 0 Å². The molecular formula is C34H46O3Si. The van der Waals surface area contributed by atoms with Crippen LogP contribution in [0.15, 0.2) is 72.8 Å². The minimum Gasteiger partial charge on any atom is -0.402 e.